The molecule has 0 aromatic rings. The molecule has 0 aromatic heterocycles. The Morgan fingerprint density at radius 3 is 2.46 bits per heavy atom. The van der Waals surface area contributed by atoms with Crippen LogP contribution in [-0.4, -0.2) is 92.8 Å². The number of imide groups is 1. The third-order valence-electron chi connectivity index (χ3n) is 5.45. The number of aliphatic imine (C=N–C) groups is 1. The van der Waals surface area contributed by atoms with Gasteiger partial charge in [-0.1, -0.05) is 26.7 Å². The average Bonchev–Trinajstić information content (AvgIpc) is 3.03. The molecule has 0 radical (unpaired) electrons. The van der Waals surface area contributed by atoms with Gasteiger partial charge in [0.05, 0.1) is 26.3 Å². The molecule has 0 aliphatic carbocycles. The maximum absolute atomic E-state index is 11.7. The van der Waals surface area contributed by atoms with E-state index in [1.54, 1.807) is 0 Å². The number of carbonyl (C=O) groups excluding carboxylic acids is 2. The largest absolute Gasteiger partial charge is 0.379 e. The first-order chi connectivity index (χ1) is 13.6. The van der Waals surface area contributed by atoms with Crippen molar-refractivity contribution < 1.29 is 14.3 Å². The molecule has 2 fully saturated rings. The molecule has 2 aliphatic rings. The first kappa shape index (κ1) is 22.4. The third-order valence-corrected chi connectivity index (χ3v) is 5.45. The summed E-state index contributed by atoms with van der Waals surface area (Å²) < 4.78 is 5.51. The third kappa shape index (κ3) is 6.34. The minimum Gasteiger partial charge on any atom is -0.379 e. The normalized spacial score (nSPS) is 19.9. The van der Waals surface area contributed by atoms with Crippen LogP contribution in [0.1, 0.15) is 33.6 Å². The highest BCUT2D eigenvalue weighted by Crippen LogP contribution is 2.20. The second-order valence-electron chi connectivity index (χ2n) is 7.14. The maximum Gasteiger partial charge on any atom is 0.324 e. The molecular weight excluding hydrogens is 360 g/mol. The van der Waals surface area contributed by atoms with E-state index in [1.165, 1.54) is 4.90 Å². The van der Waals surface area contributed by atoms with Crippen molar-refractivity contribution in [2.24, 2.45) is 10.9 Å². The quantitative estimate of drug-likeness (QED) is 0.278. The summed E-state index contributed by atoms with van der Waals surface area (Å²) in [6, 6.07) is 0.0650. The Balaban J connectivity index is 1.94. The Labute approximate surface area is 168 Å². The van der Waals surface area contributed by atoms with Gasteiger partial charge in [-0.05, 0) is 12.8 Å². The summed E-state index contributed by atoms with van der Waals surface area (Å²) >= 11 is 0. The van der Waals surface area contributed by atoms with Crippen LogP contribution < -0.4 is 16.0 Å². The summed E-state index contributed by atoms with van der Waals surface area (Å²) in [4.78, 5) is 31.8. The van der Waals surface area contributed by atoms with Gasteiger partial charge in [-0.2, -0.15) is 0 Å². The second-order valence-corrected chi connectivity index (χ2v) is 7.14. The van der Waals surface area contributed by atoms with Gasteiger partial charge in [0.15, 0.2) is 5.96 Å². The van der Waals surface area contributed by atoms with Gasteiger partial charge < -0.3 is 20.7 Å². The van der Waals surface area contributed by atoms with Crippen molar-refractivity contribution in [2.75, 3.05) is 59.0 Å². The van der Waals surface area contributed by atoms with E-state index < -0.39 is 0 Å². The number of ether oxygens (including phenoxy) is 1. The molecule has 0 saturated carbocycles. The van der Waals surface area contributed by atoms with Crippen molar-refractivity contribution in [3.63, 3.8) is 0 Å². The van der Waals surface area contributed by atoms with E-state index in [0.29, 0.717) is 31.6 Å². The van der Waals surface area contributed by atoms with Gasteiger partial charge in [0.1, 0.15) is 0 Å². The SMILES string of the molecule is CCNC(=NCC(C(CC)CC)N1CCOCC1)NCCN1C(=O)CNC1=O. The summed E-state index contributed by atoms with van der Waals surface area (Å²) in [5.74, 6) is 1.13. The highest BCUT2D eigenvalue weighted by atomic mass is 16.5. The standard InChI is InChI=1S/C19H36N6O3/c1-4-15(5-2)16(24-9-11-28-12-10-24)13-22-18(20-6-3)21-7-8-25-17(26)14-23-19(25)27/h15-16H,4-14H2,1-3H3,(H,23,27)(H2,20,21,22). The van der Waals surface area contributed by atoms with Crippen LogP contribution in [-0.2, 0) is 9.53 Å². The number of guanidine groups is 1. The van der Waals surface area contributed by atoms with E-state index in [9.17, 15) is 9.59 Å². The van der Waals surface area contributed by atoms with Crippen LogP contribution in [0, 0.1) is 5.92 Å². The highest BCUT2D eigenvalue weighted by molar-refractivity contribution is 6.01. The number of hydrogen-bond acceptors (Lipinski definition) is 5. The monoisotopic (exact) mass is 396 g/mol. The molecule has 2 aliphatic heterocycles. The maximum atomic E-state index is 11.7. The molecule has 3 N–H and O–H groups in total. The lowest BCUT2D eigenvalue weighted by molar-refractivity contribution is -0.124. The molecule has 160 valence electrons. The van der Waals surface area contributed by atoms with Gasteiger partial charge in [0, 0.05) is 38.8 Å². The highest BCUT2D eigenvalue weighted by Gasteiger charge is 2.28. The van der Waals surface area contributed by atoms with E-state index in [0.717, 1.165) is 51.6 Å². The summed E-state index contributed by atoms with van der Waals surface area (Å²) in [7, 11) is 0. The number of hydrogen-bond donors (Lipinski definition) is 3. The fourth-order valence-electron chi connectivity index (χ4n) is 3.80. The van der Waals surface area contributed by atoms with E-state index in [1.807, 2.05) is 6.92 Å². The predicted molar refractivity (Wildman–Crippen MR) is 109 cm³/mol. The lowest BCUT2D eigenvalue weighted by atomic mass is 9.92. The predicted octanol–water partition coefficient (Wildman–Crippen LogP) is 0.230. The Kier molecular flexibility index (Phi) is 9.49. The fraction of sp³-hybridized carbons (Fsp3) is 0.842. The lowest BCUT2D eigenvalue weighted by Gasteiger charge is -2.38. The first-order valence-corrected chi connectivity index (χ1v) is 10.5. The van der Waals surface area contributed by atoms with Crippen LogP contribution in [0.25, 0.3) is 0 Å². The van der Waals surface area contributed by atoms with Gasteiger partial charge >= 0.3 is 6.03 Å². The summed E-state index contributed by atoms with van der Waals surface area (Å²) in [6.07, 6.45) is 2.26. The van der Waals surface area contributed by atoms with Crippen LogP contribution in [0.5, 0.6) is 0 Å². The molecule has 2 rings (SSSR count). The number of urea groups is 1. The molecule has 28 heavy (non-hydrogen) atoms. The Morgan fingerprint density at radius 1 is 1.18 bits per heavy atom. The van der Waals surface area contributed by atoms with Crippen LogP contribution in [0.2, 0.25) is 0 Å². The molecule has 2 saturated heterocycles. The van der Waals surface area contributed by atoms with Crippen LogP contribution >= 0.6 is 0 Å². The number of nitrogens with zero attached hydrogens (tertiary/aromatic N) is 3. The zero-order valence-corrected chi connectivity index (χ0v) is 17.5. The topological polar surface area (TPSA) is 98.3 Å². The number of amides is 3. The Bertz CT molecular complexity index is 516. The summed E-state index contributed by atoms with van der Waals surface area (Å²) in [5, 5.41) is 9.03. The van der Waals surface area contributed by atoms with Gasteiger partial charge in [-0.15, -0.1) is 0 Å². The summed E-state index contributed by atoms with van der Waals surface area (Å²) in [5.41, 5.74) is 0. The van der Waals surface area contributed by atoms with E-state index >= 15 is 0 Å². The van der Waals surface area contributed by atoms with Crippen molar-refractivity contribution in [3.05, 3.63) is 0 Å². The molecule has 3 amide bonds. The van der Waals surface area contributed by atoms with Gasteiger partial charge in [-0.3, -0.25) is 19.6 Å². The van der Waals surface area contributed by atoms with E-state index in [2.05, 4.69) is 34.7 Å². The molecule has 9 nitrogen and oxygen atoms in total. The number of rotatable bonds is 10. The average molecular weight is 397 g/mol. The van der Waals surface area contributed by atoms with Crippen LogP contribution in [0.15, 0.2) is 4.99 Å². The second kappa shape index (κ2) is 11.9. The lowest BCUT2D eigenvalue weighted by Crippen LogP contribution is -2.49. The zero-order valence-electron chi connectivity index (χ0n) is 17.5. The minimum atomic E-state index is -0.324. The number of carbonyl (C=O) groups is 2. The summed E-state index contributed by atoms with van der Waals surface area (Å²) in [6.45, 7) is 12.3. The first-order valence-electron chi connectivity index (χ1n) is 10.5. The van der Waals surface area contributed by atoms with Crippen molar-refractivity contribution in [3.8, 4) is 0 Å². The van der Waals surface area contributed by atoms with Gasteiger partial charge in [-0.25, -0.2) is 4.79 Å². The molecule has 9 heteroatoms. The molecule has 1 atom stereocenters. The molecule has 2 heterocycles. The molecular formula is C19H36N6O3. The zero-order chi connectivity index (χ0) is 20.4. The van der Waals surface area contributed by atoms with Crippen molar-refractivity contribution in [1.82, 2.24) is 25.8 Å². The van der Waals surface area contributed by atoms with Crippen molar-refractivity contribution >= 4 is 17.9 Å². The Hall–Kier alpha value is -1.87. The van der Waals surface area contributed by atoms with Gasteiger partial charge in [0.2, 0.25) is 5.91 Å². The van der Waals surface area contributed by atoms with Crippen LogP contribution in [0.4, 0.5) is 4.79 Å². The number of morpholine rings is 1. The Morgan fingerprint density at radius 2 is 1.89 bits per heavy atom. The fourth-order valence-corrected chi connectivity index (χ4v) is 3.80. The van der Waals surface area contributed by atoms with Crippen LogP contribution in [0.3, 0.4) is 0 Å². The molecule has 1 unspecified atom stereocenters. The molecule has 0 bridgehead atoms. The van der Waals surface area contributed by atoms with Gasteiger partial charge in [0.25, 0.3) is 0 Å². The minimum absolute atomic E-state index is 0.0869. The molecule has 0 aromatic carbocycles. The van der Waals surface area contributed by atoms with Crippen molar-refractivity contribution in [1.29, 1.82) is 0 Å². The molecule has 0 spiro atoms. The number of nitrogens with one attached hydrogen (secondary N) is 3. The van der Waals surface area contributed by atoms with E-state index in [4.69, 9.17) is 9.73 Å². The smallest absolute Gasteiger partial charge is 0.324 e. The van der Waals surface area contributed by atoms with Crippen molar-refractivity contribution in [2.45, 2.75) is 39.7 Å². The van der Waals surface area contributed by atoms with E-state index in [-0.39, 0.29) is 18.5 Å².